The lowest BCUT2D eigenvalue weighted by Crippen LogP contribution is -2.43. The third-order valence-electron chi connectivity index (χ3n) is 9.78. The Morgan fingerprint density at radius 2 is 2.00 bits per heavy atom. The highest BCUT2D eigenvalue weighted by Crippen LogP contribution is 2.42. The number of benzene rings is 2. The predicted molar refractivity (Wildman–Crippen MR) is 168 cm³/mol. The van der Waals surface area contributed by atoms with Gasteiger partial charge in [-0.15, -0.1) is 6.42 Å². The van der Waals surface area contributed by atoms with Gasteiger partial charge >= 0.3 is 6.01 Å². The molecule has 0 radical (unpaired) electrons. The van der Waals surface area contributed by atoms with Gasteiger partial charge in [0.25, 0.3) is 0 Å². The molecule has 6 heterocycles. The third kappa shape index (κ3) is 4.59. The zero-order valence-electron chi connectivity index (χ0n) is 25.4. The van der Waals surface area contributed by atoms with Crippen molar-refractivity contribution in [3.8, 4) is 46.7 Å². The van der Waals surface area contributed by atoms with E-state index in [2.05, 4.69) is 20.8 Å². The maximum absolute atomic E-state index is 16.9. The van der Waals surface area contributed by atoms with E-state index < -0.39 is 23.3 Å². The maximum Gasteiger partial charge on any atom is 0.317 e. The summed E-state index contributed by atoms with van der Waals surface area (Å²) in [5, 5.41) is 11.4. The summed E-state index contributed by atoms with van der Waals surface area (Å²) in [4.78, 5) is 30.1. The van der Waals surface area contributed by atoms with Gasteiger partial charge in [-0.1, -0.05) is 12.0 Å². The number of carbonyl (C=O) groups is 1. The van der Waals surface area contributed by atoms with Gasteiger partial charge in [0.2, 0.25) is 5.91 Å². The lowest BCUT2D eigenvalue weighted by atomic mass is 9.95. The number of aromatic nitrogens is 4. The Morgan fingerprint density at radius 1 is 1.15 bits per heavy atom. The van der Waals surface area contributed by atoms with Gasteiger partial charge in [0.05, 0.1) is 23.3 Å². The zero-order valence-corrected chi connectivity index (χ0v) is 25.4. The summed E-state index contributed by atoms with van der Waals surface area (Å²) in [7, 11) is 1.73. The maximum atomic E-state index is 16.9. The summed E-state index contributed by atoms with van der Waals surface area (Å²) in [5.74, 6) is 0.535. The van der Waals surface area contributed by atoms with Crippen molar-refractivity contribution >= 4 is 27.6 Å². The average molecular weight is 639 g/mol. The number of halogens is 3. The first-order valence-electron chi connectivity index (χ1n) is 15.4. The minimum Gasteiger partial charge on any atom is -0.508 e. The number of hydrogen-bond acceptors (Lipinski definition) is 7. The molecule has 47 heavy (non-hydrogen) atoms. The molecule has 2 aromatic carbocycles. The van der Waals surface area contributed by atoms with Crippen molar-refractivity contribution in [2.75, 3.05) is 26.7 Å². The van der Waals surface area contributed by atoms with Crippen LogP contribution in [-0.4, -0.2) is 78.8 Å². The van der Waals surface area contributed by atoms with E-state index in [4.69, 9.17) is 16.1 Å². The fourth-order valence-electron chi connectivity index (χ4n) is 7.51. The second-order valence-electron chi connectivity index (χ2n) is 12.6. The van der Waals surface area contributed by atoms with E-state index in [0.29, 0.717) is 36.3 Å². The molecular formula is C35H29F3N6O3. The Hall–Kier alpha value is -5.15. The molecule has 0 aliphatic carbocycles. The smallest absolute Gasteiger partial charge is 0.317 e. The number of pyridine rings is 1. The monoisotopic (exact) mass is 638 g/mol. The van der Waals surface area contributed by atoms with E-state index >= 15 is 4.39 Å². The van der Waals surface area contributed by atoms with Crippen LogP contribution in [0.5, 0.6) is 11.8 Å². The van der Waals surface area contributed by atoms with Gasteiger partial charge < -0.3 is 19.3 Å². The van der Waals surface area contributed by atoms with Crippen LogP contribution < -0.4 is 4.74 Å². The molecule has 9 nitrogen and oxygen atoms in total. The summed E-state index contributed by atoms with van der Waals surface area (Å²) >= 11 is 0. The molecule has 0 spiro atoms. The molecule has 238 valence electrons. The number of fused-ring (bicyclic) bond motifs is 4. The molecule has 8 rings (SSSR count). The van der Waals surface area contributed by atoms with Crippen molar-refractivity contribution in [2.24, 2.45) is 0 Å². The fourth-order valence-corrected chi connectivity index (χ4v) is 7.51. The van der Waals surface area contributed by atoms with Crippen molar-refractivity contribution in [1.29, 1.82) is 0 Å². The largest absolute Gasteiger partial charge is 0.508 e. The van der Waals surface area contributed by atoms with Crippen molar-refractivity contribution in [3.63, 3.8) is 0 Å². The summed E-state index contributed by atoms with van der Waals surface area (Å²) in [6, 6.07) is 8.92. The van der Waals surface area contributed by atoms with E-state index in [-0.39, 0.29) is 63.9 Å². The molecule has 2 atom stereocenters. The molecule has 12 heteroatoms. The molecule has 0 bridgehead atoms. The standard InChI is InChI=1S/C35H29F3N6O3/c1-3-23-26(37)7-5-19-11-22(45)12-24(29(19)23)32-30(38)33-25(14-39-32)31(27-8-6-21-16-42(2)28(46)17-44(21)27)40-34(41-33)47-18-35-9-4-10-43(35)15-20(36)13-35/h1,5-8,11-12,14,20,45H,4,9-10,13,15-18H2,2H3/t20-,35+/m1/s1. The minimum atomic E-state index is -0.962. The summed E-state index contributed by atoms with van der Waals surface area (Å²) < 4.78 is 54.2. The van der Waals surface area contributed by atoms with E-state index in [1.165, 1.54) is 30.5 Å². The number of phenols is 1. The topological polar surface area (TPSA) is 96.6 Å². The van der Waals surface area contributed by atoms with E-state index in [1.807, 2.05) is 16.7 Å². The van der Waals surface area contributed by atoms with Crippen LogP contribution in [0.15, 0.2) is 42.6 Å². The molecule has 3 aliphatic rings. The first-order valence-corrected chi connectivity index (χ1v) is 15.4. The third-order valence-corrected chi connectivity index (χ3v) is 9.78. The molecule has 5 aromatic rings. The van der Waals surface area contributed by atoms with Crippen LogP contribution in [0, 0.1) is 24.0 Å². The second kappa shape index (κ2) is 10.7. The van der Waals surface area contributed by atoms with Crippen LogP contribution >= 0.6 is 0 Å². The second-order valence-corrected chi connectivity index (χ2v) is 12.6. The van der Waals surface area contributed by atoms with E-state index in [1.54, 1.807) is 11.9 Å². The number of phenolic OH excluding ortho intramolecular Hbond substituents is 1. The number of aromatic hydroxyl groups is 1. The SMILES string of the molecule is C#Cc1c(F)ccc2cc(O)cc(-c3ncc4c(-c5ccc6n5CC(=O)N(C)C6)nc(OC[C@@]56CCCN5C[C@H](F)C6)nc4c3F)c12. The Kier molecular flexibility index (Phi) is 6.66. The molecule has 0 saturated carbocycles. The van der Waals surface area contributed by atoms with Crippen LogP contribution in [0.2, 0.25) is 0 Å². The van der Waals surface area contributed by atoms with Gasteiger partial charge in [-0.25, -0.2) is 13.2 Å². The molecule has 1 N–H and O–H groups in total. The van der Waals surface area contributed by atoms with Gasteiger partial charge in [-0.3, -0.25) is 14.7 Å². The molecule has 3 aliphatic heterocycles. The van der Waals surface area contributed by atoms with Gasteiger partial charge in [0, 0.05) is 48.2 Å². The molecular weight excluding hydrogens is 609 g/mol. The quantitative estimate of drug-likeness (QED) is 0.264. The number of likely N-dealkylation sites (N-methyl/N-ethyl adjacent to an activating group) is 1. The number of rotatable bonds is 5. The number of carbonyl (C=O) groups excluding carboxylic acids is 1. The molecule has 2 fully saturated rings. The number of terminal acetylenes is 1. The summed E-state index contributed by atoms with van der Waals surface area (Å²) in [6.07, 6.45) is 8.13. The summed E-state index contributed by atoms with van der Waals surface area (Å²) in [6.45, 7) is 1.69. The van der Waals surface area contributed by atoms with Crippen molar-refractivity contribution in [3.05, 3.63) is 65.5 Å². The van der Waals surface area contributed by atoms with Crippen LogP contribution in [0.4, 0.5) is 13.2 Å². The molecule has 1 amide bonds. The predicted octanol–water partition coefficient (Wildman–Crippen LogP) is 5.21. The van der Waals surface area contributed by atoms with Gasteiger partial charge in [-0.2, -0.15) is 9.97 Å². The van der Waals surface area contributed by atoms with Gasteiger partial charge in [0.15, 0.2) is 5.82 Å². The van der Waals surface area contributed by atoms with Crippen LogP contribution in [0.1, 0.15) is 30.5 Å². The normalized spacial score (nSPS) is 21.0. The number of hydrogen-bond donors (Lipinski definition) is 1. The fraction of sp³-hybridized carbons (Fsp3) is 0.314. The highest BCUT2D eigenvalue weighted by Gasteiger charge is 2.49. The Morgan fingerprint density at radius 3 is 2.83 bits per heavy atom. The lowest BCUT2D eigenvalue weighted by Gasteiger charge is -2.30. The summed E-state index contributed by atoms with van der Waals surface area (Å²) in [5.41, 5.74) is 0.888. The average Bonchev–Trinajstić information content (AvgIpc) is 3.72. The molecule has 3 aromatic heterocycles. The van der Waals surface area contributed by atoms with Crippen LogP contribution in [0.3, 0.4) is 0 Å². The molecule has 0 unspecified atom stereocenters. The number of amides is 1. The number of alkyl halides is 1. The number of ether oxygens (including phenoxy) is 1. The Bertz CT molecular complexity index is 2180. The lowest BCUT2D eigenvalue weighted by molar-refractivity contribution is -0.132. The molecule has 2 saturated heterocycles. The van der Waals surface area contributed by atoms with Gasteiger partial charge in [0.1, 0.15) is 47.8 Å². The van der Waals surface area contributed by atoms with Gasteiger partial charge in [-0.05, 0) is 55.1 Å². The van der Waals surface area contributed by atoms with Crippen molar-refractivity contribution in [1.82, 2.24) is 29.3 Å². The Balaban J connectivity index is 1.32. The van der Waals surface area contributed by atoms with E-state index in [9.17, 15) is 18.7 Å². The number of nitrogens with zero attached hydrogens (tertiary/aromatic N) is 6. The van der Waals surface area contributed by atoms with Crippen LogP contribution in [-0.2, 0) is 17.9 Å². The first kappa shape index (κ1) is 29.3. The van der Waals surface area contributed by atoms with Crippen molar-refractivity contribution < 1.29 is 27.8 Å². The highest BCUT2D eigenvalue weighted by atomic mass is 19.1. The van der Waals surface area contributed by atoms with Crippen molar-refractivity contribution in [2.45, 2.75) is 44.1 Å². The highest BCUT2D eigenvalue weighted by molar-refractivity contribution is 6.03. The van der Waals surface area contributed by atoms with E-state index in [0.717, 1.165) is 25.1 Å². The van der Waals surface area contributed by atoms with Crippen LogP contribution in [0.25, 0.3) is 44.3 Å². The Labute approximate surface area is 267 Å². The first-order chi connectivity index (χ1) is 22.7. The minimum absolute atomic E-state index is 0.0650. The zero-order chi connectivity index (χ0) is 32.6.